The van der Waals surface area contributed by atoms with E-state index in [-0.39, 0.29) is 45.1 Å². The van der Waals surface area contributed by atoms with Gasteiger partial charge >= 0.3 is 23.9 Å². The molecular formula is C58H75N11O15. The zero-order chi connectivity index (χ0) is 61.5. The van der Waals surface area contributed by atoms with Crippen LogP contribution in [-0.2, 0) is 72.0 Å². The Labute approximate surface area is 483 Å². The second-order valence-corrected chi connectivity index (χ2v) is 20.6. The molecule has 0 saturated carbocycles. The number of amides is 7. The molecule has 5 aromatic rings. The van der Waals surface area contributed by atoms with Crippen molar-refractivity contribution in [1.82, 2.24) is 47.2 Å². The van der Waals surface area contributed by atoms with Crippen LogP contribution < -0.4 is 48.7 Å². The predicted octanol–water partition coefficient (Wildman–Crippen LogP) is 1.25. The van der Waals surface area contributed by atoms with E-state index in [9.17, 15) is 73.2 Å². The summed E-state index contributed by atoms with van der Waals surface area (Å²) >= 11 is 0. The lowest BCUT2D eigenvalue weighted by atomic mass is 9.96. The highest BCUT2D eigenvalue weighted by Gasteiger charge is 2.37. The standard InChI is InChI=1S/C58H75N11O15/c1-3-32(2)50(69-56(81)45(66-51(76)38(60)20-23-47(70)71)29-35-31-62-40-18-10-8-16-37(35)40)57(82)65-41(19-11-12-26-59)52(77)67-44(28-34-30-61-39-17-9-7-15-36(34)39)55(80)64-42(21-24-48(72)73)53(78)63-43(22-25-49(74)75)54(79)68-46(58(83)84)27-33-13-5-4-6-14-33/h4-10,13-18,30-32,38,41-46,50,61-62H,3,11-12,19-29,59-60H2,1-2H3,(H,63,78)(H,64,80)(H,65,82)(H,66,76)(H,67,77)(H,68,79)(H,69,81)(H,70,71)(H,72,73)(H,74,75)(H,83,84)/t32-,38-,41-,42-,43-,44-,45-,46-,50-/m0/s1. The molecule has 0 aliphatic heterocycles. The van der Waals surface area contributed by atoms with Crippen LogP contribution in [0.3, 0.4) is 0 Å². The number of rotatable bonds is 36. The molecule has 0 bridgehead atoms. The van der Waals surface area contributed by atoms with Gasteiger partial charge in [0.1, 0.15) is 42.3 Å². The molecule has 26 nitrogen and oxygen atoms in total. The normalized spacial score (nSPS) is 14.4. The summed E-state index contributed by atoms with van der Waals surface area (Å²) in [6.45, 7) is 3.65. The first-order valence-electron chi connectivity index (χ1n) is 27.7. The van der Waals surface area contributed by atoms with E-state index in [2.05, 4.69) is 47.2 Å². The number of fused-ring (bicyclic) bond motifs is 2. The minimum absolute atomic E-state index is 0.0393. The first kappa shape index (κ1) is 65.6. The third-order valence-corrected chi connectivity index (χ3v) is 14.3. The van der Waals surface area contributed by atoms with Crippen molar-refractivity contribution in [2.45, 2.75) is 146 Å². The molecule has 0 fully saturated rings. The maximum Gasteiger partial charge on any atom is 0.326 e. The summed E-state index contributed by atoms with van der Waals surface area (Å²) in [6.07, 6.45) is 0.535. The lowest BCUT2D eigenvalue weighted by Crippen LogP contribution is -2.61. The summed E-state index contributed by atoms with van der Waals surface area (Å²) in [5, 5.41) is 57.9. The predicted molar refractivity (Wildman–Crippen MR) is 306 cm³/mol. The van der Waals surface area contributed by atoms with E-state index in [1.54, 1.807) is 93.0 Å². The first-order chi connectivity index (χ1) is 40.1. The molecule has 0 unspecified atom stereocenters. The maximum absolute atomic E-state index is 14.7. The number of aromatic nitrogens is 2. The number of aliphatic carboxylic acids is 4. The van der Waals surface area contributed by atoms with E-state index in [1.165, 1.54) is 0 Å². The van der Waals surface area contributed by atoms with Crippen LogP contribution in [0, 0.1) is 5.92 Å². The molecule has 5 rings (SSSR count). The van der Waals surface area contributed by atoms with E-state index in [4.69, 9.17) is 11.5 Å². The average Bonchev–Trinajstić information content (AvgIpc) is 3.42. The van der Waals surface area contributed by atoms with Gasteiger partial charge in [0.2, 0.25) is 41.4 Å². The molecule has 0 saturated heterocycles. The van der Waals surface area contributed by atoms with Crippen LogP contribution in [0.15, 0.2) is 91.3 Å². The lowest BCUT2D eigenvalue weighted by molar-refractivity contribution is -0.143. The van der Waals surface area contributed by atoms with E-state index < -0.39 is 152 Å². The van der Waals surface area contributed by atoms with E-state index >= 15 is 0 Å². The number of nitrogens with one attached hydrogen (secondary N) is 9. The van der Waals surface area contributed by atoms with Gasteiger partial charge in [-0.3, -0.25) is 47.9 Å². The number of para-hydroxylation sites is 2. The van der Waals surface area contributed by atoms with Crippen molar-refractivity contribution in [2.24, 2.45) is 17.4 Å². The van der Waals surface area contributed by atoms with Crippen molar-refractivity contribution in [3.05, 3.63) is 108 Å². The molecule has 26 heteroatoms. The van der Waals surface area contributed by atoms with Crippen molar-refractivity contribution in [1.29, 1.82) is 0 Å². The molecule has 2 aromatic heterocycles. The molecule has 7 amide bonds. The molecule has 3 aromatic carbocycles. The van der Waals surface area contributed by atoms with Crippen LogP contribution in [0.25, 0.3) is 21.8 Å². The quantitative estimate of drug-likeness (QED) is 0.0251. The Bertz CT molecular complexity index is 3110. The molecule has 17 N–H and O–H groups in total. The first-order valence-corrected chi connectivity index (χ1v) is 27.7. The summed E-state index contributed by atoms with van der Waals surface area (Å²) in [7, 11) is 0. The number of aromatic amines is 2. The number of unbranched alkanes of at least 4 members (excludes halogenated alkanes) is 1. The fraction of sp³-hybridized carbons (Fsp3) is 0.431. The minimum Gasteiger partial charge on any atom is -0.481 e. The Kier molecular flexibility index (Phi) is 25.4. The van der Waals surface area contributed by atoms with Gasteiger partial charge in [-0.15, -0.1) is 0 Å². The van der Waals surface area contributed by atoms with E-state index in [0.29, 0.717) is 40.4 Å². The number of H-pyrrole nitrogens is 2. The zero-order valence-corrected chi connectivity index (χ0v) is 46.7. The van der Waals surface area contributed by atoms with Gasteiger partial charge in [0.15, 0.2) is 0 Å². The molecule has 452 valence electrons. The Morgan fingerprint density at radius 1 is 0.464 bits per heavy atom. The van der Waals surface area contributed by atoms with Crippen molar-refractivity contribution < 1.29 is 73.2 Å². The van der Waals surface area contributed by atoms with E-state index in [0.717, 1.165) is 10.9 Å². The number of carbonyl (C=O) groups is 11. The SMILES string of the molecule is CC[C@H](C)[C@H](NC(=O)[C@H](Cc1c[nH]c2ccccc12)NC(=O)[C@@H](N)CCC(=O)O)C(=O)N[C@@H](CCCCN)C(=O)N[C@@H](Cc1c[nH]c2ccccc12)C(=O)N[C@@H](CCC(=O)O)C(=O)N[C@@H](CCC(=O)O)C(=O)N[C@@H](Cc1ccccc1)C(=O)O. The molecule has 0 spiro atoms. The second kappa shape index (κ2) is 32.5. The highest BCUT2D eigenvalue weighted by molar-refractivity contribution is 5.99. The van der Waals surface area contributed by atoms with Crippen molar-refractivity contribution in [3.63, 3.8) is 0 Å². The molecule has 84 heavy (non-hydrogen) atoms. The van der Waals surface area contributed by atoms with Crippen LogP contribution >= 0.6 is 0 Å². The number of carbonyl (C=O) groups excluding carboxylic acids is 7. The lowest BCUT2D eigenvalue weighted by Gasteiger charge is -2.29. The highest BCUT2D eigenvalue weighted by Crippen LogP contribution is 2.22. The van der Waals surface area contributed by atoms with Crippen molar-refractivity contribution in [2.75, 3.05) is 6.54 Å². The number of hydrogen-bond acceptors (Lipinski definition) is 13. The molecule has 9 atom stereocenters. The molecular weight excluding hydrogens is 1090 g/mol. The molecule has 0 aliphatic rings. The Hall–Kier alpha value is -9.17. The summed E-state index contributed by atoms with van der Waals surface area (Å²) < 4.78 is 0. The topological polar surface area (TPSA) is 437 Å². The third kappa shape index (κ3) is 20.1. The maximum atomic E-state index is 14.7. The number of nitrogens with two attached hydrogens (primary N) is 2. The van der Waals surface area contributed by atoms with Gasteiger partial charge in [-0.25, -0.2) is 4.79 Å². The average molecular weight is 1170 g/mol. The Morgan fingerprint density at radius 2 is 0.869 bits per heavy atom. The summed E-state index contributed by atoms with van der Waals surface area (Å²) in [6, 6.07) is 10.6. The summed E-state index contributed by atoms with van der Waals surface area (Å²) in [4.78, 5) is 153. The number of carboxylic acid groups (broad SMARTS) is 4. The van der Waals surface area contributed by atoms with Crippen LogP contribution in [0.4, 0.5) is 0 Å². The van der Waals surface area contributed by atoms with Crippen molar-refractivity contribution in [3.8, 4) is 0 Å². The van der Waals surface area contributed by atoms with Crippen LogP contribution in [0.5, 0.6) is 0 Å². The number of hydrogen-bond donors (Lipinski definition) is 15. The highest BCUT2D eigenvalue weighted by atomic mass is 16.4. The summed E-state index contributed by atoms with van der Waals surface area (Å²) in [5.41, 5.74) is 15.0. The van der Waals surface area contributed by atoms with Gasteiger partial charge in [-0.1, -0.05) is 87.0 Å². The van der Waals surface area contributed by atoms with Crippen LogP contribution in [0.1, 0.15) is 94.7 Å². The van der Waals surface area contributed by atoms with Crippen molar-refractivity contribution >= 4 is 87.0 Å². The minimum atomic E-state index is -1.75. The number of benzene rings is 3. The van der Waals surface area contributed by atoms with Gasteiger partial charge in [0.05, 0.1) is 6.04 Å². The number of carboxylic acids is 4. The zero-order valence-electron chi connectivity index (χ0n) is 46.7. The van der Waals surface area contributed by atoms with Gasteiger partial charge in [-0.05, 0) is 79.8 Å². The van der Waals surface area contributed by atoms with Crippen LogP contribution in [0.2, 0.25) is 0 Å². The van der Waals surface area contributed by atoms with E-state index in [1.807, 2.05) is 12.1 Å². The van der Waals surface area contributed by atoms with Gasteiger partial charge in [-0.2, -0.15) is 0 Å². The molecule has 0 radical (unpaired) electrons. The Morgan fingerprint density at radius 3 is 1.35 bits per heavy atom. The third-order valence-electron chi connectivity index (χ3n) is 14.3. The fourth-order valence-electron chi connectivity index (χ4n) is 9.34. The van der Waals surface area contributed by atoms with Gasteiger partial charge in [0.25, 0.3) is 0 Å². The monoisotopic (exact) mass is 1170 g/mol. The fourth-order valence-corrected chi connectivity index (χ4v) is 9.34. The van der Waals surface area contributed by atoms with Gasteiger partial charge in [0, 0.05) is 72.7 Å². The smallest absolute Gasteiger partial charge is 0.326 e. The van der Waals surface area contributed by atoms with Gasteiger partial charge < -0.3 is 79.1 Å². The van der Waals surface area contributed by atoms with Crippen LogP contribution in [-0.4, -0.2) is 151 Å². The second-order valence-electron chi connectivity index (χ2n) is 20.6. The molecule has 0 aliphatic carbocycles. The largest absolute Gasteiger partial charge is 0.481 e. The summed E-state index contributed by atoms with van der Waals surface area (Å²) in [5.74, 6) is -12.5. The molecule has 2 heterocycles. The Balaban J connectivity index is 1.43.